The summed E-state index contributed by atoms with van der Waals surface area (Å²) in [5.41, 5.74) is 1.13. The Hall–Kier alpha value is -1.59. The molecule has 1 amide bonds. The summed E-state index contributed by atoms with van der Waals surface area (Å²) in [7, 11) is 0. The van der Waals surface area contributed by atoms with Gasteiger partial charge >= 0.3 is 0 Å². The molecule has 0 spiro atoms. The molecule has 1 aromatic carbocycles. The van der Waals surface area contributed by atoms with E-state index < -0.39 is 0 Å². The second-order valence-corrected chi connectivity index (χ2v) is 5.92. The number of para-hydroxylation sites is 1. The molecule has 5 heteroatoms. The zero-order chi connectivity index (χ0) is 15.2. The summed E-state index contributed by atoms with van der Waals surface area (Å²) in [6.07, 6.45) is 1.75. The predicted octanol–water partition coefficient (Wildman–Crippen LogP) is 1.08. The van der Waals surface area contributed by atoms with Gasteiger partial charge in [-0.1, -0.05) is 18.2 Å². The van der Waals surface area contributed by atoms with Gasteiger partial charge in [-0.2, -0.15) is 0 Å². The Labute approximate surface area is 131 Å². The third-order valence-electron chi connectivity index (χ3n) is 4.30. The minimum Gasteiger partial charge on any atom is -0.492 e. The van der Waals surface area contributed by atoms with Gasteiger partial charge in [0, 0.05) is 19.6 Å². The molecule has 120 valence electrons. The molecule has 0 radical (unpaired) electrons. The highest BCUT2D eigenvalue weighted by molar-refractivity contribution is 5.79. The maximum Gasteiger partial charge on any atom is 0.226 e. The number of benzene rings is 1. The summed E-state index contributed by atoms with van der Waals surface area (Å²) in [4.78, 5) is 14.6. The standard InChI is InChI=1S/C17H24N2O3/c20-17(18-6-3-7-19-8-10-21-11-9-19)15-12-14-4-1-2-5-16(14)22-13-15/h1-2,4-5,15H,3,6-13H2,(H,18,20)/t15-/m1/s1. The van der Waals surface area contributed by atoms with Crippen LogP contribution in [0.5, 0.6) is 5.75 Å². The van der Waals surface area contributed by atoms with Crippen LogP contribution in [0.2, 0.25) is 0 Å². The number of hydrogen-bond donors (Lipinski definition) is 1. The van der Waals surface area contributed by atoms with Gasteiger partial charge < -0.3 is 14.8 Å². The first-order valence-electron chi connectivity index (χ1n) is 8.11. The lowest BCUT2D eigenvalue weighted by atomic mass is 9.96. The lowest BCUT2D eigenvalue weighted by Crippen LogP contribution is -2.40. The number of nitrogens with one attached hydrogen (secondary N) is 1. The number of morpholine rings is 1. The van der Waals surface area contributed by atoms with Gasteiger partial charge in [0.2, 0.25) is 5.91 Å². The first-order valence-corrected chi connectivity index (χ1v) is 8.11. The van der Waals surface area contributed by atoms with E-state index in [2.05, 4.69) is 10.2 Å². The van der Waals surface area contributed by atoms with E-state index in [-0.39, 0.29) is 11.8 Å². The minimum absolute atomic E-state index is 0.0710. The molecule has 3 rings (SSSR count). The van der Waals surface area contributed by atoms with Crippen LogP contribution in [0.1, 0.15) is 12.0 Å². The Morgan fingerprint density at radius 2 is 2.09 bits per heavy atom. The number of carbonyl (C=O) groups is 1. The Kier molecular flexibility index (Phi) is 5.29. The summed E-state index contributed by atoms with van der Waals surface area (Å²) in [6.45, 7) is 5.88. The van der Waals surface area contributed by atoms with Crippen molar-refractivity contribution in [2.75, 3.05) is 46.0 Å². The molecular weight excluding hydrogens is 280 g/mol. The van der Waals surface area contributed by atoms with Crippen LogP contribution < -0.4 is 10.1 Å². The molecular formula is C17H24N2O3. The van der Waals surface area contributed by atoms with Crippen molar-refractivity contribution >= 4 is 5.91 Å². The van der Waals surface area contributed by atoms with Crippen LogP contribution in [0.15, 0.2) is 24.3 Å². The summed E-state index contributed by atoms with van der Waals surface area (Å²) in [5, 5.41) is 3.05. The van der Waals surface area contributed by atoms with Gasteiger partial charge in [-0.15, -0.1) is 0 Å². The molecule has 1 atom stereocenters. The van der Waals surface area contributed by atoms with Gasteiger partial charge in [0.25, 0.3) is 0 Å². The Morgan fingerprint density at radius 3 is 2.95 bits per heavy atom. The normalized spacial score (nSPS) is 21.7. The van der Waals surface area contributed by atoms with E-state index >= 15 is 0 Å². The zero-order valence-corrected chi connectivity index (χ0v) is 12.9. The highest BCUT2D eigenvalue weighted by atomic mass is 16.5. The van der Waals surface area contributed by atoms with Crippen molar-refractivity contribution in [2.24, 2.45) is 5.92 Å². The molecule has 1 saturated heterocycles. The van der Waals surface area contributed by atoms with Gasteiger partial charge in [-0.05, 0) is 31.0 Å². The number of ether oxygens (including phenoxy) is 2. The van der Waals surface area contributed by atoms with E-state index in [9.17, 15) is 4.79 Å². The number of hydrogen-bond acceptors (Lipinski definition) is 4. The molecule has 0 aromatic heterocycles. The summed E-state index contributed by atoms with van der Waals surface area (Å²) in [6, 6.07) is 7.95. The Balaban J connectivity index is 1.37. The van der Waals surface area contributed by atoms with Crippen molar-refractivity contribution in [1.29, 1.82) is 0 Å². The van der Waals surface area contributed by atoms with Crippen LogP contribution in [0.4, 0.5) is 0 Å². The summed E-state index contributed by atoms with van der Waals surface area (Å²) in [5.74, 6) is 0.952. The molecule has 1 N–H and O–H groups in total. The molecule has 0 saturated carbocycles. The van der Waals surface area contributed by atoms with Crippen molar-refractivity contribution in [3.05, 3.63) is 29.8 Å². The second kappa shape index (κ2) is 7.61. The van der Waals surface area contributed by atoms with E-state index in [1.165, 1.54) is 0 Å². The Bertz CT molecular complexity index is 500. The lowest BCUT2D eigenvalue weighted by Gasteiger charge is -2.27. The van der Waals surface area contributed by atoms with Crippen LogP contribution in [-0.4, -0.2) is 56.8 Å². The fraction of sp³-hybridized carbons (Fsp3) is 0.588. The maximum atomic E-state index is 12.2. The number of fused-ring (bicyclic) bond motifs is 1. The van der Waals surface area contributed by atoms with Crippen molar-refractivity contribution in [2.45, 2.75) is 12.8 Å². The minimum atomic E-state index is -0.0710. The second-order valence-electron chi connectivity index (χ2n) is 5.92. The first-order chi connectivity index (χ1) is 10.8. The van der Waals surface area contributed by atoms with Crippen molar-refractivity contribution in [1.82, 2.24) is 10.2 Å². The molecule has 2 heterocycles. The highest BCUT2D eigenvalue weighted by Gasteiger charge is 2.25. The van der Waals surface area contributed by atoms with Gasteiger partial charge in [0.1, 0.15) is 12.4 Å². The lowest BCUT2D eigenvalue weighted by molar-refractivity contribution is -0.126. The molecule has 5 nitrogen and oxygen atoms in total. The van der Waals surface area contributed by atoms with Gasteiger partial charge in [0.15, 0.2) is 0 Å². The number of rotatable bonds is 5. The maximum absolute atomic E-state index is 12.2. The molecule has 0 aliphatic carbocycles. The van der Waals surface area contributed by atoms with Crippen molar-refractivity contribution in [3.8, 4) is 5.75 Å². The third-order valence-corrected chi connectivity index (χ3v) is 4.30. The number of carbonyl (C=O) groups excluding carboxylic acids is 1. The monoisotopic (exact) mass is 304 g/mol. The fourth-order valence-electron chi connectivity index (χ4n) is 2.98. The first kappa shape index (κ1) is 15.3. The van der Waals surface area contributed by atoms with Gasteiger partial charge in [0.05, 0.1) is 19.1 Å². The molecule has 0 bridgehead atoms. The zero-order valence-electron chi connectivity index (χ0n) is 12.9. The van der Waals surface area contributed by atoms with Crippen molar-refractivity contribution < 1.29 is 14.3 Å². The molecule has 2 aliphatic heterocycles. The van der Waals surface area contributed by atoms with E-state index in [0.717, 1.165) is 63.5 Å². The molecule has 0 unspecified atom stereocenters. The van der Waals surface area contributed by atoms with Crippen LogP contribution in [0.3, 0.4) is 0 Å². The van der Waals surface area contributed by atoms with Crippen LogP contribution in [0.25, 0.3) is 0 Å². The largest absolute Gasteiger partial charge is 0.492 e. The Morgan fingerprint density at radius 1 is 1.27 bits per heavy atom. The van der Waals surface area contributed by atoms with Crippen LogP contribution >= 0.6 is 0 Å². The third kappa shape index (κ3) is 3.99. The molecule has 22 heavy (non-hydrogen) atoms. The molecule has 1 aromatic rings. The van der Waals surface area contributed by atoms with Crippen LogP contribution in [-0.2, 0) is 16.0 Å². The summed E-state index contributed by atoms with van der Waals surface area (Å²) < 4.78 is 11.0. The smallest absolute Gasteiger partial charge is 0.226 e. The summed E-state index contributed by atoms with van der Waals surface area (Å²) >= 11 is 0. The van der Waals surface area contributed by atoms with E-state index in [1.54, 1.807) is 0 Å². The average molecular weight is 304 g/mol. The fourth-order valence-corrected chi connectivity index (χ4v) is 2.98. The van der Waals surface area contributed by atoms with Gasteiger partial charge in [-0.3, -0.25) is 9.69 Å². The van der Waals surface area contributed by atoms with Gasteiger partial charge in [-0.25, -0.2) is 0 Å². The van der Waals surface area contributed by atoms with Crippen molar-refractivity contribution in [3.63, 3.8) is 0 Å². The quantitative estimate of drug-likeness (QED) is 0.827. The predicted molar refractivity (Wildman–Crippen MR) is 84.0 cm³/mol. The highest BCUT2D eigenvalue weighted by Crippen LogP contribution is 2.26. The van der Waals surface area contributed by atoms with E-state index in [4.69, 9.17) is 9.47 Å². The average Bonchev–Trinajstić information content (AvgIpc) is 2.59. The van der Waals surface area contributed by atoms with E-state index in [1.807, 2.05) is 24.3 Å². The van der Waals surface area contributed by atoms with Crippen LogP contribution in [0, 0.1) is 5.92 Å². The number of nitrogens with zero attached hydrogens (tertiary/aromatic N) is 1. The SMILES string of the molecule is O=C(NCCCN1CCOCC1)[C@H]1COc2ccccc2C1. The molecule has 1 fully saturated rings. The number of amides is 1. The topological polar surface area (TPSA) is 50.8 Å². The van der Waals surface area contributed by atoms with E-state index in [0.29, 0.717) is 6.61 Å². The molecule has 2 aliphatic rings.